The predicted molar refractivity (Wildman–Crippen MR) is 42.1 cm³/mol. The van der Waals surface area contributed by atoms with Crippen LogP contribution >= 0.6 is 0 Å². The van der Waals surface area contributed by atoms with Gasteiger partial charge in [-0.25, -0.2) is 9.59 Å². The Morgan fingerprint density at radius 2 is 1.92 bits per heavy atom. The third-order valence-corrected chi connectivity index (χ3v) is 1.74. The summed E-state index contributed by atoms with van der Waals surface area (Å²) >= 11 is 0. The van der Waals surface area contributed by atoms with Crippen molar-refractivity contribution in [3.8, 4) is 0 Å². The molecule has 0 bridgehead atoms. The number of carbonyl (C=O) groups excluding carboxylic acids is 2. The largest absolute Gasteiger partial charge is 0.431 e. The molecule has 0 amide bonds. The lowest BCUT2D eigenvalue weighted by atomic mass is 10.1. The lowest BCUT2D eigenvalue weighted by Gasteiger charge is -1.94. The van der Waals surface area contributed by atoms with E-state index in [-0.39, 0.29) is 11.1 Å². The molecular weight excluding hydrogens is 172 g/mol. The van der Waals surface area contributed by atoms with E-state index < -0.39 is 11.9 Å². The van der Waals surface area contributed by atoms with E-state index in [0.717, 1.165) is 0 Å². The molecule has 0 N–H and O–H groups in total. The maximum absolute atomic E-state index is 11.1. The van der Waals surface area contributed by atoms with E-state index in [9.17, 15) is 9.59 Å². The molecule has 2 heterocycles. The smallest absolute Gasteiger partial charge is 0.344 e. The summed E-state index contributed by atoms with van der Waals surface area (Å²) in [6.07, 6.45) is 4.22. The number of esters is 2. The molecule has 0 aromatic heterocycles. The van der Waals surface area contributed by atoms with E-state index in [1.807, 2.05) is 0 Å². The van der Waals surface area contributed by atoms with E-state index >= 15 is 0 Å². The Hall–Kier alpha value is -1.84. The van der Waals surface area contributed by atoms with Crippen molar-refractivity contribution in [2.45, 2.75) is 6.92 Å². The van der Waals surface area contributed by atoms with E-state index in [2.05, 4.69) is 4.74 Å². The van der Waals surface area contributed by atoms with Crippen LogP contribution in [-0.2, 0) is 19.1 Å². The van der Waals surface area contributed by atoms with Gasteiger partial charge in [-0.05, 0) is 19.1 Å². The fraction of sp³-hybridized carbons (Fsp3) is 0.111. The van der Waals surface area contributed by atoms with Gasteiger partial charge in [-0.1, -0.05) is 0 Å². The molecule has 2 aliphatic rings. The van der Waals surface area contributed by atoms with Crippen LogP contribution in [-0.4, -0.2) is 11.9 Å². The van der Waals surface area contributed by atoms with Gasteiger partial charge in [0, 0.05) is 0 Å². The average molecular weight is 178 g/mol. The zero-order chi connectivity index (χ0) is 9.42. The molecule has 0 spiro atoms. The molecule has 0 fully saturated rings. The zero-order valence-corrected chi connectivity index (χ0v) is 6.87. The van der Waals surface area contributed by atoms with Crippen LogP contribution in [0.3, 0.4) is 0 Å². The standard InChI is InChI=1S/C9H6O4/c1-5-4-7(9(11)13-5)6-2-3-12-8(6)10/h2-4H,1H3/b7-6+. The summed E-state index contributed by atoms with van der Waals surface area (Å²) in [5.41, 5.74) is 0.512. The minimum atomic E-state index is -0.516. The van der Waals surface area contributed by atoms with E-state index in [1.165, 1.54) is 18.4 Å². The summed E-state index contributed by atoms with van der Waals surface area (Å²) in [6, 6.07) is 0. The van der Waals surface area contributed by atoms with Crippen molar-refractivity contribution in [1.82, 2.24) is 0 Å². The Kier molecular flexibility index (Phi) is 1.55. The van der Waals surface area contributed by atoms with Crippen molar-refractivity contribution in [1.29, 1.82) is 0 Å². The maximum Gasteiger partial charge on any atom is 0.344 e. The topological polar surface area (TPSA) is 52.6 Å². The third-order valence-electron chi connectivity index (χ3n) is 1.74. The van der Waals surface area contributed by atoms with Crippen LogP contribution in [0, 0.1) is 0 Å². The molecule has 0 saturated carbocycles. The fourth-order valence-electron chi connectivity index (χ4n) is 1.18. The van der Waals surface area contributed by atoms with Gasteiger partial charge < -0.3 is 9.47 Å². The van der Waals surface area contributed by atoms with Crippen LogP contribution in [0.25, 0.3) is 0 Å². The summed E-state index contributed by atoms with van der Waals surface area (Å²) in [7, 11) is 0. The Labute approximate surface area is 74.1 Å². The number of hydrogen-bond acceptors (Lipinski definition) is 4. The molecule has 66 valence electrons. The van der Waals surface area contributed by atoms with E-state index in [0.29, 0.717) is 5.76 Å². The first-order valence-corrected chi connectivity index (χ1v) is 3.71. The molecule has 4 nitrogen and oxygen atoms in total. The molecule has 2 aliphatic heterocycles. The quantitative estimate of drug-likeness (QED) is 0.407. The van der Waals surface area contributed by atoms with Crippen LogP contribution in [0.4, 0.5) is 0 Å². The average Bonchev–Trinajstić information content (AvgIpc) is 2.58. The highest BCUT2D eigenvalue weighted by atomic mass is 16.5. The molecule has 0 aromatic carbocycles. The van der Waals surface area contributed by atoms with Crippen LogP contribution in [0.5, 0.6) is 0 Å². The summed E-state index contributed by atoms with van der Waals surface area (Å²) in [5.74, 6) is -0.533. The normalized spacial score (nSPS) is 26.1. The number of allylic oxidation sites excluding steroid dienone is 1. The van der Waals surface area contributed by atoms with Crippen molar-refractivity contribution < 1.29 is 19.1 Å². The number of hydrogen-bond donors (Lipinski definition) is 0. The van der Waals surface area contributed by atoms with E-state index in [4.69, 9.17) is 4.74 Å². The predicted octanol–water partition coefficient (Wildman–Crippen LogP) is 0.814. The second kappa shape index (κ2) is 2.58. The summed E-state index contributed by atoms with van der Waals surface area (Å²) in [6.45, 7) is 1.65. The molecule has 0 unspecified atom stereocenters. The highest BCUT2D eigenvalue weighted by Gasteiger charge is 2.27. The van der Waals surface area contributed by atoms with Gasteiger partial charge >= 0.3 is 11.9 Å². The van der Waals surface area contributed by atoms with Gasteiger partial charge in [0.1, 0.15) is 5.76 Å². The molecule has 13 heavy (non-hydrogen) atoms. The molecule has 2 rings (SSSR count). The van der Waals surface area contributed by atoms with Gasteiger partial charge in [-0.15, -0.1) is 0 Å². The summed E-state index contributed by atoms with van der Waals surface area (Å²) in [4.78, 5) is 22.2. The molecule has 4 heteroatoms. The molecule has 0 aromatic rings. The summed E-state index contributed by atoms with van der Waals surface area (Å²) < 4.78 is 9.30. The van der Waals surface area contributed by atoms with Gasteiger partial charge in [0.2, 0.25) is 0 Å². The minimum Gasteiger partial charge on any atom is -0.431 e. The number of carbonyl (C=O) groups is 2. The van der Waals surface area contributed by atoms with Crippen molar-refractivity contribution in [2.24, 2.45) is 0 Å². The zero-order valence-electron chi connectivity index (χ0n) is 6.87. The Bertz CT molecular complexity index is 384. The van der Waals surface area contributed by atoms with Crippen LogP contribution < -0.4 is 0 Å². The lowest BCUT2D eigenvalue weighted by Crippen LogP contribution is -2.04. The first kappa shape index (κ1) is 7.79. The van der Waals surface area contributed by atoms with Gasteiger partial charge in [0.05, 0.1) is 17.4 Å². The van der Waals surface area contributed by atoms with Crippen LogP contribution in [0.1, 0.15) is 6.92 Å². The molecule has 0 atom stereocenters. The highest BCUT2D eigenvalue weighted by Crippen LogP contribution is 2.23. The van der Waals surface area contributed by atoms with Gasteiger partial charge in [0.15, 0.2) is 0 Å². The van der Waals surface area contributed by atoms with Crippen molar-refractivity contribution in [3.05, 3.63) is 35.3 Å². The number of ether oxygens (including phenoxy) is 2. The molecule has 0 aliphatic carbocycles. The monoisotopic (exact) mass is 178 g/mol. The van der Waals surface area contributed by atoms with Crippen molar-refractivity contribution in [2.75, 3.05) is 0 Å². The van der Waals surface area contributed by atoms with Crippen LogP contribution in [0.15, 0.2) is 35.3 Å². The van der Waals surface area contributed by atoms with E-state index in [1.54, 1.807) is 6.92 Å². The van der Waals surface area contributed by atoms with Crippen molar-refractivity contribution >= 4 is 11.9 Å². The van der Waals surface area contributed by atoms with Gasteiger partial charge in [0.25, 0.3) is 0 Å². The fourth-order valence-corrected chi connectivity index (χ4v) is 1.18. The first-order valence-electron chi connectivity index (χ1n) is 3.71. The Balaban J connectivity index is 2.49. The Morgan fingerprint density at radius 1 is 1.15 bits per heavy atom. The number of cyclic esters (lactones) is 2. The molecular formula is C9H6O4. The minimum absolute atomic E-state index is 0.252. The lowest BCUT2D eigenvalue weighted by molar-refractivity contribution is -0.135. The van der Waals surface area contributed by atoms with Crippen molar-refractivity contribution in [3.63, 3.8) is 0 Å². The highest BCUT2D eigenvalue weighted by molar-refractivity contribution is 6.07. The van der Waals surface area contributed by atoms with Crippen LogP contribution in [0.2, 0.25) is 0 Å². The molecule has 0 saturated heterocycles. The SMILES string of the molecule is CC1=C/C(=C2/C=COC2=O)C(=O)O1. The third kappa shape index (κ3) is 1.16. The first-order chi connectivity index (χ1) is 6.18. The Morgan fingerprint density at radius 3 is 2.38 bits per heavy atom. The second-order valence-corrected chi connectivity index (χ2v) is 2.68. The number of rotatable bonds is 0. The second-order valence-electron chi connectivity index (χ2n) is 2.68. The van der Waals surface area contributed by atoms with Gasteiger partial charge in [-0.2, -0.15) is 0 Å². The molecule has 0 radical (unpaired) electrons. The van der Waals surface area contributed by atoms with Gasteiger partial charge in [-0.3, -0.25) is 0 Å². The maximum atomic E-state index is 11.1. The summed E-state index contributed by atoms with van der Waals surface area (Å²) in [5, 5.41) is 0.